The fraction of sp³-hybridized carbons (Fsp3) is 1.00. The fourth-order valence-corrected chi connectivity index (χ4v) is 2.28. The number of rotatable bonds is 7. The topological polar surface area (TPSA) is 52.7 Å². The third kappa shape index (κ3) is 5.80. The Morgan fingerprint density at radius 1 is 0.875 bits per heavy atom. The Morgan fingerprint density at radius 3 is 2.19 bits per heavy atom. The highest BCUT2D eigenvalue weighted by atomic mass is 16.2. The molecule has 0 amide bonds. The van der Waals surface area contributed by atoms with Gasteiger partial charge in [-0.2, -0.15) is 0 Å². The molecule has 1 aliphatic rings. The second-order valence-electron chi connectivity index (χ2n) is 4.61. The molecule has 1 fully saturated rings. The lowest BCUT2D eigenvalue weighted by atomic mass is 10.2. The Balaban J connectivity index is 2.10. The minimum atomic E-state index is 0.338. The largest absolute Gasteiger partial charge is 0.396 e. The summed E-state index contributed by atoms with van der Waals surface area (Å²) >= 11 is 0. The average molecular weight is 229 g/mol. The number of nitrogens with zero attached hydrogens (tertiary/aromatic N) is 2. The maximum Gasteiger partial charge on any atom is 0.0431 e. The zero-order valence-electron chi connectivity index (χ0n) is 10.4. The smallest absolute Gasteiger partial charge is 0.0431 e. The molecule has 0 unspecified atom stereocenters. The summed E-state index contributed by atoms with van der Waals surface area (Å²) < 4.78 is 0. The molecule has 0 aromatic rings. The maximum atomic E-state index is 8.71. The fourth-order valence-electron chi connectivity index (χ4n) is 2.28. The highest BCUT2D eigenvalue weighted by Gasteiger charge is 2.13. The molecule has 3 N–H and O–H groups in total. The highest BCUT2D eigenvalue weighted by molar-refractivity contribution is 4.69. The minimum absolute atomic E-state index is 0.338. The van der Waals surface area contributed by atoms with E-state index in [-0.39, 0.29) is 0 Å². The molecule has 0 aliphatic carbocycles. The maximum absolute atomic E-state index is 8.71. The highest BCUT2D eigenvalue weighted by Crippen LogP contribution is 2.05. The van der Waals surface area contributed by atoms with Crippen LogP contribution in [0.1, 0.15) is 25.7 Å². The molecule has 4 heteroatoms. The number of hydrogen-bond acceptors (Lipinski definition) is 4. The van der Waals surface area contributed by atoms with Crippen molar-refractivity contribution in [1.29, 1.82) is 0 Å². The van der Waals surface area contributed by atoms with Gasteiger partial charge in [-0.1, -0.05) is 0 Å². The van der Waals surface area contributed by atoms with Crippen LogP contribution in [0.25, 0.3) is 0 Å². The van der Waals surface area contributed by atoms with Crippen LogP contribution in [0.15, 0.2) is 0 Å². The van der Waals surface area contributed by atoms with E-state index in [0.29, 0.717) is 6.61 Å². The quantitative estimate of drug-likeness (QED) is 0.609. The van der Waals surface area contributed by atoms with Crippen molar-refractivity contribution < 1.29 is 5.11 Å². The molecule has 16 heavy (non-hydrogen) atoms. The van der Waals surface area contributed by atoms with Gasteiger partial charge < -0.3 is 20.6 Å². The Labute approximate surface area is 99.4 Å². The molecule has 0 radical (unpaired) electrons. The molecule has 4 nitrogen and oxygen atoms in total. The monoisotopic (exact) mass is 229 g/mol. The van der Waals surface area contributed by atoms with Gasteiger partial charge in [-0.25, -0.2) is 0 Å². The summed E-state index contributed by atoms with van der Waals surface area (Å²) in [6, 6.07) is 0. The SMILES string of the molecule is NCCN1CCCN(CCCCCO)CC1. The summed E-state index contributed by atoms with van der Waals surface area (Å²) in [5.41, 5.74) is 5.58. The first-order valence-electron chi connectivity index (χ1n) is 6.62. The molecule has 1 aliphatic heterocycles. The van der Waals surface area contributed by atoms with Crippen LogP contribution in [-0.2, 0) is 0 Å². The number of aliphatic hydroxyl groups excluding tert-OH is 1. The summed E-state index contributed by atoms with van der Waals surface area (Å²) in [5, 5.41) is 8.71. The Hall–Kier alpha value is -0.160. The van der Waals surface area contributed by atoms with Crippen LogP contribution >= 0.6 is 0 Å². The van der Waals surface area contributed by atoms with Crippen molar-refractivity contribution in [1.82, 2.24) is 9.80 Å². The molecule has 0 bridgehead atoms. The van der Waals surface area contributed by atoms with Crippen molar-refractivity contribution in [2.75, 3.05) is 52.4 Å². The Kier molecular flexibility index (Phi) is 7.76. The molecular formula is C12H27N3O. The lowest BCUT2D eigenvalue weighted by Gasteiger charge is -2.21. The van der Waals surface area contributed by atoms with E-state index in [1.165, 1.54) is 39.0 Å². The Morgan fingerprint density at radius 2 is 1.56 bits per heavy atom. The van der Waals surface area contributed by atoms with E-state index in [0.717, 1.165) is 32.5 Å². The van der Waals surface area contributed by atoms with E-state index >= 15 is 0 Å². The number of aliphatic hydroxyl groups is 1. The summed E-state index contributed by atoms with van der Waals surface area (Å²) in [7, 11) is 0. The molecule has 1 saturated heterocycles. The molecule has 0 aromatic carbocycles. The van der Waals surface area contributed by atoms with Gasteiger partial charge in [0.15, 0.2) is 0 Å². The van der Waals surface area contributed by atoms with Crippen molar-refractivity contribution in [3.8, 4) is 0 Å². The Bertz CT molecular complexity index is 166. The van der Waals surface area contributed by atoms with Crippen LogP contribution < -0.4 is 5.73 Å². The summed E-state index contributed by atoms with van der Waals surface area (Å²) in [4.78, 5) is 5.02. The van der Waals surface area contributed by atoms with Crippen molar-refractivity contribution in [3.63, 3.8) is 0 Å². The standard InChI is InChI=1S/C12H27N3O/c13-5-9-15-8-4-7-14(10-11-15)6-2-1-3-12-16/h16H,1-13H2. The molecule has 0 atom stereocenters. The molecule has 0 aromatic heterocycles. The molecule has 96 valence electrons. The first kappa shape index (κ1) is 13.9. The van der Waals surface area contributed by atoms with Crippen LogP contribution in [0.4, 0.5) is 0 Å². The average Bonchev–Trinajstić information content (AvgIpc) is 2.51. The van der Waals surface area contributed by atoms with Gasteiger partial charge in [0.25, 0.3) is 0 Å². The predicted molar refractivity (Wildman–Crippen MR) is 67.5 cm³/mol. The third-order valence-electron chi connectivity index (χ3n) is 3.26. The zero-order valence-corrected chi connectivity index (χ0v) is 10.4. The first-order valence-corrected chi connectivity index (χ1v) is 6.62. The number of unbranched alkanes of at least 4 members (excludes halogenated alkanes) is 2. The van der Waals surface area contributed by atoms with Gasteiger partial charge in [-0.15, -0.1) is 0 Å². The van der Waals surface area contributed by atoms with E-state index in [2.05, 4.69) is 9.80 Å². The molecule has 0 saturated carbocycles. The van der Waals surface area contributed by atoms with Gasteiger partial charge in [0.05, 0.1) is 0 Å². The molecule has 1 heterocycles. The number of nitrogens with two attached hydrogens (primary N) is 1. The van der Waals surface area contributed by atoms with Gasteiger partial charge in [0.1, 0.15) is 0 Å². The van der Waals surface area contributed by atoms with Gasteiger partial charge in [0.2, 0.25) is 0 Å². The van der Waals surface area contributed by atoms with Gasteiger partial charge >= 0.3 is 0 Å². The van der Waals surface area contributed by atoms with Crippen molar-refractivity contribution >= 4 is 0 Å². The molecule has 0 spiro atoms. The van der Waals surface area contributed by atoms with E-state index in [4.69, 9.17) is 10.8 Å². The normalized spacial score (nSPS) is 19.9. The van der Waals surface area contributed by atoms with Crippen LogP contribution in [-0.4, -0.2) is 67.3 Å². The van der Waals surface area contributed by atoms with Crippen LogP contribution in [0.3, 0.4) is 0 Å². The lowest BCUT2D eigenvalue weighted by molar-refractivity contribution is 0.248. The predicted octanol–water partition coefficient (Wildman–Crippen LogP) is 0.115. The molecular weight excluding hydrogens is 202 g/mol. The lowest BCUT2D eigenvalue weighted by Crippen LogP contribution is -2.34. The van der Waals surface area contributed by atoms with Crippen molar-refractivity contribution in [3.05, 3.63) is 0 Å². The second-order valence-corrected chi connectivity index (χ2v) is 4.61. The van der Waals surface area contributed by atoms with Gasteiger partial charge in [-0.3, -0.25) is 0 Å². The third-order valence-corrected chi connectivity index (χ3v) is 3.26. The second kappa shape index (κ2) is 8.93. The molecule has 1 rings (SSSR count). The van der Waals surface area contributed by atoms with Crippen LogP contribution in [0.5, 0.6) is 0 Å². The van der Waals surface area contributed by atoms with Crippen LogP contribution in [0.2, 0.25) is 0 Å². The first-order chi connectivity index (χ1) is 7.86. The van der Waals surface area contributed by atoms with Crippen molar-refractivity contribution in [2.24, 2.45) is 5.73 Å². The summed E-state index contributed by atoms with van der Waals surface area (Å²) in [6.45, 7) is 8.11. The number of hydrogen-bond donors (Lipinski definition) is 2. The summed E-state index contributed by atoms with van der Waals surface area (Å²) in [5.74, 6) is 0. The van der Waals surface area contributed by atoms with E-state index < -0.39 is 0 Å². The van der Waals surface area contributed by atoms with E-state index in [1.807, 2.05) is 0 Å². The van der Waals surface area contributed by atoms with Crippen LogP contribution in [0, 0.1) is 0 Å². The van der Waals surface area contributed by atoms with E-state index in [9.17, 15) is 0 Å². The minimum Gasteiger partial charge on any atom is -0.396 e. The van der Waals surface area contributed by atoms with Gasteiger partial charge in [-0.05, 0) is 45.3 Å². The van der Waals surface area contributed by atoms with E-state index in [1.54, 1.807) is 0 Å². The van der Waals surface area contributed by atoms with Crippen molar-refractivity contribution in [2.45, 2.75) is 25.7 Å². The summed E-state index contributed by atoms with van der Waals surface area (Å²) in [6.07, 6.45) is 4.59. The van der Waals surface area contributed by atoms with Gasteiger partial charge in [0, 0.05) is 32.8 Å². The zero-order chi connectivity index (χ0) is 11.6.